The third-order valence-electron chi connectivity index (χ3n) is 3.90. The molecule has 0 aromatic carbocycles. The van der Waals surface area contributed by atoms with E-state index in [0.717, 1.165) is 37.2 Å². The van der Waals surface area contributed by atoms with Crippen molar-refractivity contribution in [3.05, 3.63) is 23.7 Å². The first-order valence-corrected chi connectivity index (χ1v) is 6.49. The maximum atomic E-state index is 12.2. The fourth-order valence-corrected chi connectivity index (χ4v) is 2.45. The number of nitrogens with zero attached hydrogens (tertiary/aromatic N) is 1. The molecule has 100 valence electrons. The number of amides is 1. The van der Waals surface area contributed by atoms with Gasteiger partial charge < -0.3 is 14.4 Å². The minimum Gasteiger partial charge on any atom is -0.466 e. The number of carbonyl (C=O) groups is 1. The lowest BCUT2D eigenvalue weighted by Crippen LogP contribution is -2.49. The number of hydrogen-bond donors (Lipinski definition) is 1. The van der Waals surface area contributed by atoms with Gasteiger partial charge in [0.15, 0.2) is 0 Å². The van der Waals surface area contributed by atoms with Crippen LogP contribution in [0.5, 0.6) is 0 Å². The van der Waals surface area contributed by atoms with Gasteiger partial charge in [0.25, 0.3) is 0 Å². The van der Waals surface area contributed by atoms with Crippen LogP contribution in [-0.4, -0.2) is 36.1 Å². The van der Waals surface area contributed by atoms with Crippen LogP contribution in [0.3, 0.4) is 0 Å². The van der Waals surface area contributed by atoms with E-state index in [4.69, 9.17) is 4.42 Å². The Labute approximate surface area is 108 Å². The number of aliphatic hydroxyl groups excluding tert-OH is 1. The summed E-state index contributed by atoms with van der Waals surface area (Å²) in [7, 11) is 1.80. The third-order valence-corrected chi connectivity index (χ3v) is 3.90. The number of aryl methyl sites for hydroxylation is 1. The standard InChI is InChI=1S/C14H21NO3/c1-11-4-5-12(18-11)6-9-15(2)13(17)14(10-16)7-3-8-14/h4-5,16H,3,6-10H2,1-2H3. The van der Waals surface area contributed by atoms with Gasteiger partial charge >= 0.3 is 0 Å². The summed E-state index contributed by atoms with van der Waals surface area (Å²) in [5.41, 5.74) is -0.492. The SMILES string of the molecule is Cc1ccc(CCN(C)C(=O)C2(CO)CCC2)o1. The molecule has 1 N–H and O–H groups in total. The van der Waals surface area contributed by atoms with Crippen molar-refractivity contribution in [2.45, 2.75) is 32.6 Å². The van der Waals surface area contributed by atoms with Gasteiger partial charge in [0, 0.05) is 20.0 Å². The Morgan fingerprint density at radius 1 is 1.50 bits per heavy atom. The second-order valence-electron chi connectivity index (χ2n) is 5.28. The molecule has 0 atom stereocenters. The molecular formula is C14H21NO3. The van der Waals surface area contributed by atoms with Crippen LogP contribution >= 0.6 is 0 Å². The Balaban J connectivity index is 1.87. The van der Waals surface area contributed by atoms with Crippen molar-refractivity contribution >= 4 is 5.91 Å². The average Bonchev–Trinajstić information content (AvgIpc) is 2.71. The van der Waals surface area contributed by atoms with E-state index in [-0.39, 0.29) is 12.5 Å². The molecule has 0 radical (unpaired) electrons. The average molecular weight is 251 g/mol. The second kappa shape index (κ2) is 5.14. The van der Waals surface area contributed by atoms with Gasteiger partial charge in [-0.15, -0.1) is 0 Å². The zero-order chi connectivity index (χ0) is 13.2. The van der Waals surface area contributed by atoms with Gasteiger partial charge in [0.2, 0.25) is 5.91 Å². The van der Waals surface area contributed by atoms with Crippen molar-refractivity contribution in [2.75, 3.05) is 20.2 Å². The van der Waals surface area contributed by atoms with E-state index in [1.807, 2.05) is 19.1 Å². The lowest BCUT2D eigenvalue weighted by atomic mass is 9.68. The fraction of sp³-hybridized carbons (Fsp3) is 0.643. The normalized spacial score (nSPS) is 17.3. The molecule has 0 unspecified atom stereocenters. The number of carbonyl (C=O) groups excluding carboxylic acids is 1. The Bertz CT molecular complexity index is 415. The molecule has 2 rings (SSSR count). The molecule has 1 amide bonds. The van der Waals surface area contributed by atoms with E-state index in [2.05, 4.69) is 0 Å². The molecule has 1 aromatic heterocycles. The minimum atomic E-state index is -0.492. The van der Waals surface area contributed by atoms with Crippen LogP contribution in [0.15, 0.2) is 16.5 Å². The van der Waals surface area contributed by atoms with Crippen LogP contribution in [0.4, 0.5) is 0 Å². The van der Waals surface area contributed by atoms with Crippen LogP contribution < -0.4 is 0 Å². The van der Waals surface area contributed by atoms with E-state index in [0.29, 0.717) is 6.54 Å². The first-order valence-electron chi connectivity index (χ1n) is 6.49. The molecule has 4 nitrogen and oxygen atoms in total. The molecule has 18 heavy (non-hydrogen) atoms. The van der Waals surface area contributed by atoms with Gasteiger partial charge in [0.1, 0.15) is 11.5 Å². The summed E-state index contributed by atoms with van der Waals surface area (Å²) in [6.45, 7) is 2.51. The maximum Gasteiger partial charge on any atom is 0.230 e. The fourth-order valence-electron chi connectivity index (χ4n) is 2.45. The Hall–Kier alpha value is -1.29. The number of aliphatic hydroxyl groups is 1. The predicted molar refractivity (Wildman–Crippen MR) is 68.2 cm³/mol. The van der Waals surface area contributed by atoms with Gasteiger partial charge in [-0.2, -0.15) is 0 Å². The van der Waals surface area contributed by atoms with Crippen LogP contribution in [0.2, 0.25) is 0 Å². The second-order valence-corrected chi connectivity index (χ2v) is 5.28. The molecule has 1 fully saturated rings. The van der Waals surface area contributed by atoms with Gasteiger partial charge in [-0.25, -0.2) is 0 Å². The largest absolute Gasteiger partial charge is 0.466 e. The maximum absolute atomic E-state index is 12.2. The third kappa shape index (κ3) is 2.43. The van der Waals surface area contributed by atoms with Crippen molar-refractivity contribution in [1.29, 1.82) is 0 Å². The highest BCUT2D eigenvalue weighted by Gasteiger charge is 2.44. The van der Waals surface area contributed by atoms with Crippen molar-refractivity contribution in [3.8, 4) is 0 Å². The molecule has 0 bridgehead atoms. The number of furan rings is 1. The number of hydrogen-bond acceptors (Lipinski definition) is 3. The van der Waals surface area contributed by atoms with Crippen molar-refractivity contribution in [2.24, 2.45) is 5.41 Å². The molecule has 1 aromatic rings. The molecule has 0 aliphatic heterocycles. The van der Waals surface area contributed by atoms with Crippen LogP contribution in [-0.2, 0) is 11.2 Å². The zero-order valence-electron chi connectivity index (χ0n) is 11.1. The van der Waals surface area contributed by atoms with Gasteiger partial charge in [-0.05, 0) is 31.9 Å². The molecule has 0 spiro atoms. The highest BCUT2D eigenvalue weighted by Crippen LogP contribution is 2.41. The van der Waals surface area contributed by atoms with Crippen LogP contribution in [0.25, 0.3) is 0 Å². The minimum absolute atomic E-state index is 0.0317. The molecule has 1 saturated carbocycles. The summed E-state index contributed by atoms with van der Waals surface area (Å²) >= 11 is 0. The van der Waals surface area contributed by atoms with Crippen molar-refractivity contribution in [1.82, 2.24) is 4.90 Å². The van der Waals surface area contributed by atoms with Gasteiger partial charge in [0.05, 0.1) is 12.0 Å². The first kappa shape index (κ1) is 13.1. The van der Waals surface area contributed by atoms with Crippen molar-refractivity contribution in [3.63, 3.8) is 0 Å². The highest BCUT2D eigenvalue weighted by molar-refractivity contribution is 5.83. The topological polar surface area (TPSA) is 53.7 Å². The Kier molecular flexibility index (Phi) is 3.76. The molecule has 1 aliphatic carbocycles. The summed E-state index contributed by atoms with van der Waals surface area (Å²) < 4.78 is 5.48. The van der Waals surface area contributed by atoms with E-state index >= 15 is 0 Å². The summed E-state index contributed by atoms with van der Waals surface area (Å²) in [6.07, 6.45) is 3.38. The molecule has 0 saturated heterocycles. The number of rotatable bonds is 5. The highest BCUT2D eigenvalue weighted by atomic mass is 16.3. The lowest BCUT2D eigenvalue weighted by molar-refractivity contribution is -0.149. The first-order chi connectivity index (χ1) is 8.57. The predicted octanol–water partition coefficient (Wildman–Crippen LogP) is 1.75. The Morgan fingerprint density at radius 3 is 2.67 bits per heavy atom. The monoisotopic (exact) mass is 251 g/mol. The lowest BCUT2D eigenvalue weighted by Gasteiger charge is -2.41. The Morgan fingerprint density at radius 2 is 2.22 bits per heavy atom. The molecule has 1 aliphatic rings. The van der Waals surface area contributed by atoms with Gasteiger partial charge in [-0.3, -0.25) is 4.79 Å². The van der Waals surface area contributed by atoms with Gasteiger partial charge in [-0.1, -0.05) is 6.42 Å². The summed E-state index contributed by atoms with van der Waals surface area (Å²) in [4.78, 5) is 14.0. The quantitative estimate of drug-likeness (QED) is 0.867. The smallest absolute Gasteiger partial charge is 0.230 e. The van der Waals surface area contributed by atoms with Crippen LogP contribution in [0.1, 0.15) is 30.8 Å². The summed E-state index contributed by atoms with van der Waals surface area (Å²) in [6, 6.07) is 3.87. The number of likely N-dealkylation sites (N-methyl/N-ethyl adjacent to an activating group) is 1. The van der Waals surface area contributed by atoms with E-state index in [1.165, 1.54) is 0 Å². The van der Waals surface area contributed by atoms with E-state index in [1.54, 1.807) is 11.9 Å². The van der Waals surface area contributed by atoms with Crippen LogP contribution in [0, 0.1) is 12.3 Å². The summed E-state index contributed by atoms with van der Waals surface area (Å²) in [5, 5.41) is 9.38. The van der Waals surface area contributed by atoms with E-state index in [9.17, 15) is 9.90 Å². The zero-order valence-corrected chi connectivity index (χ0v) is 11.1. The summed E-state index contributed by atoms with van der Waals surface area (Å²) in [5.74, 6) is 1.86. The molecule has 4 heteroatoms. The molecule has 1 heterocycles. The molecular weight excluding hydrogens is 230 g/mol. The van der Waals surface area contributed by atoms with E-state index < -0.39 is 5.41 Å². The van der Waals surface area contributed by atoms with Crippen molar-refractivity contribution < 1.29 is 14.3 Å².